The van der Waals surface area contributed by atoms with E-state index in [0.717, 1.165) is 12.1 Å². The molecule has 1 atom stereocenters. The van der Waals surface area contributed by atoms with Gasteiger partial charge in [-0.05, 0) is 24.3 Å². The summed E-state index contributed by atoms with van der Waals surface area (Å²) in [4.78, 5) is 27.6. The fraction of sp³-hybridized carbons (Fsp3) is 0.333. The summed E-state index contributed by atoms with van der Waals surface area (Å²) in [5, 5.41) is 11.9. The van der Waals surface area contributed by atoms with Gasteiger partial charge in [0, 0.05) is 57.4 Å². The van der Waals surface area contributed by atoms with Crippen molar-refractivity contribution in [2.45, 2.75) is 6.10 Å². The predicted molar refractivity (Wildman–Crippen MR) is 133 cm³/mol. The molecule has 4 rings (SSSR count). The Labute approximate surface area is 215 Å². The number of aliphatic hydroxyl groups is 1. The van der Waals surface area contributed by atoms with Gasteiger partial charge in [-0.1, -0.05) is 23.2 Å². The first kappa shape index (κ1) is 26.3. The van der Waals surface area contributed by atoms with Crippen LogP contribution in [0.1, 0.15) is 10.4 Å². The minimum Gasteiger partial charge on any atom is -0.491 e. The number of fused-ring (bicyclic) bond motifs is 1. The van der Waals surface area contributed by atoms with E-state index in [1.807, 2.05) is 4.90 Å². The molecule has 1 fully saturated rings. The van der Waals surface area contributed by atoms with Crippen molar-refractivity contribution in [3.63, 3.8) is 0 Å². The third-order valence-electron chi connectivity index (χ3n) is 5.91. The maximum Gasteiger partial charge on any atom is 0.271 e. The summed E-state index contributed by atoms with van der Waals surface area (Å²) in [5.74, 6) is -1.65. The number of nitrogens with zero attached hydrogens (tertiary/aromatic N) is 3. The minimum absolute atomic E-state index is 0.00680. The lowest BCUT2D eigenvalue weighted by atomic mass is 10.1. The van der Waals surface area contributed by atoms with Gasteiger partial charge in [-0.25, -0.2) is 13.8 Å². The third-order valence-corrected chi connectivity index (χ3v) is 6.51. The van der Waals surface area contributed by atoms with Gasteiger partial charge in [0.1, 0.15) is 35.7 Å². The molecule has 0 aliphatic carbocycles. The highest BCUT2D eigenvalue weighted by Gasteiger charge is 2.23. The summed E-state index contributed by atoms with van der Waals surface area (Å²) in [6, 6.07) is 6.45. The molecule has 0 radical (unpaired) electrons. The minimum atomic E-state index is -0.806. The summed E-state index contributed by atoms with van der Waals surface area (Å²) in [6.07, 6.45) is 0.590. The second kappa shape index (κ2) is 11.1. The van der Waals surface area contributed by atoms with Gasteiger partial charge >= 0.3 is 0 Å². The lowest BCUT2D eigenvalue weighted by molar-refractivity contribution is 0.0316. The zero-order valence-electron chi connectivity index (χ0n) is 19.3. The number of aliphatic hydroxyl groups excluding tert-OH is 1. The number of nitrogens with one attached hydrogen (secondary N) is 1. The van der Waals surface area contributed by atoms with Gasteiger partial charge in [-0.15, -0.1) is 0 Å². The number of hydrazine groups is 1. The summed E-state index contributed by atoms with van der Waals surface area (Å²) < 4.78 is 34.4. The number of aryl methyl sites for hydroxylation is 1. The Morgan fingerprint density at radius 1 is 1.11 bits per heavy atom. The van der Waals surface area contributed by atoms with Crippen LogP contribution in [0.5, 0.6) is 5.75 Å². The van der Waals surface area contributed by atoms with E-state index in [1.54, 1.807) is 16.6 Å². The lowest BCUT2D eigenvalue weighted by Crippen LogP contribution is -2.55. The summed E-state index contributed by atoms with van der Waals surface area (Å²) in [7, 11) is 1.64. The Kier molecular flexibility index (Phi) is 8.11. The van der Waals surface area contributed by atoms with Gasteiger partial charge in [0.2, 0.25) is 5.43 Å². The maximum absolute atomic E-state index is 13.9. The third kappa shape index (κ3) is 5.96. The first-order valence-corrected chi connectivity index (χ1v) is 11.9. The van der Waals surface area contributed by atoms with Crippen LogP contribution in [0.2, 0.25) is 10.0 Å². The monoisotopic (exact) mass is 540 g/mol. The number of amides is 1. The van der Waals surface area contributed by atoms with Crippen LogP contribution >= 0.6 is 23.2 Å². The normalized spacial score (nSPS) is 15.7. The van der Waals surface area contributed by atoms with Crippen molar-refractivity contribution in [3.05, 3.63) is 74.0 Å². The van der Waals surface area contributed by atoms with E-state index in [9.17, 15) is 23.5 Å². The highest BCUT2D eigenvalue weighted by atomic mass is 35.5. The topological polar surface area (TPSA) is 87.0 Å². The number of pyridine rings is 1. The van der Waals surface area contributed by atoms with Gasteiger partial charge < -0.3 is 14.4 Å². The number of halogens is 4. The number of hydrogen-bond donors (Lipinski definition) is 2. The Bertz CT molecular complexity index is 1350. The van der Waals surface area contributed by atoms with Crippen molar-refractivity contribution in [2.24, 2.45) is 7.05 Å². The maximum atomic E-state index is 13.9. The van der Waals surface area contributed by atoms with Crippen LogP contribution in [0.4, 0.5) is 8.78 Å². The van der Waals surface area contributed by atoms with E-state index in [1.165, 1.54) is 24.4 Å². The molecule has 1 aliphatic rings. The lowest BCUT2D eigenvalue weighted by Gasteiger charge is -2.35. The number of ether oxygens (including phenoxy) is 1. The van der Waals surface area contributed by atoms with E-state index in [4.69, 9.17) is 27.9 Å². The van der Waals surface area contributed by atoms with E-state index in [0.29, 0.717) is 38.2 Å². The SMILES string of the molecule is Cn1cc(C(=O)NN2CCN(C[C@H](O)COc3ccc(Cl)c(F)c3)CC2)c(=O)c2cc(F)c(Cl)cc21. The fourth-order valence-electron chi connectivity index (χ4n) is 3.99. The van der Waals surface area contributed by atoms with E-state index in [-0.39, 0.29) is 33.4 Å². The molecule has 3 aromatic rings. The second-order valence-corrected chi connectivity index (χ2v) is 9.35. The van der Waals surface area contributed by atoms with Gasteiger partial charge in [0.25, 0.3) is 5.91 Å². The van der Waals surface area contributed by atoms with Crippen LogP contribution in [0.3, 0.4) is 0 Å². The molecule has 8 nitrogen and oxygen atoms in total. The number of carbonyl (C=O) groups is 1. The summed E-state index contributed by atoms with van der Waals surface area (Å²) in [6.45, 7) is 2.32. The van der Waals surface area contributed by atoms with Crippen molar-refractivity contribution in [2.75, 3.05) is 39.3 Å². The Balaban J connectivity index is 1.30. The van der Waals surface area contributed by atoms with Gasteiger partial charge in [-0.2, -0.15) is 0 Å². The number of hydrogen-bond acceptors (Lipinski definition) is 6. The molecule has 2 heterocycles. The second-order valence-electron chi connectivity index (χ2n) is 8.54. The Hall–Kier alpha value is -2.76. The smallest absolute Gasteiger partial charge is 0.271 e. The van der Waals surface area contributed by atoms with E-state index in [2.05, 4.69) is 5.43 Å². The first-order chi connectivity index (χ1) is 17.1. The molecule has 1 aromatic heterocycles. The summed E-state index contributed by atoms with van der Waals surface area (Å²) in [5.41, 5.74) is 2.45. The molecular weight excluding hydrogens is 517 g/mol. The molecule has 0 unspecified atom stereocenters. The first-order valence-electron chi connectivity index (χ1n) is 11.1. The number of β-amino-alcohol motifs (C(OH)–C–C–N with tert-alkyl or cyclic N) is 1. The zero-order valence-corrected chi connectivity index (χ0v) is 20.8. The molecule has 0 bridgehead atoms. The molecule has 1 aliphatic heterocycles. The molecule has 12 heteroatoms. The molecule has 0 saturated carbocycles. The average molecular weight is 541 g/mol. The highest BCUT2D eigenvalue weighted by molar-refractivity contribution is 6.31. The average Bonchev–Trinajstić information content (AvgIpc) is 2.84. The molecule has 2 N–H and O–H groups in total. The van der Waals surface area contributed by atoms with Crippen molar-refractivity contribution >= 4 is 40.0 Å². The molecule has 0 spiro atoms. The molecule has 36 heavy (non-hydrogen) atoms. The summed E-state index contributed by atoms with van der Waals surface area (Å²) >= 11 is 11.5. The van der Waals surface area contributed by atoms with Gasteiger partial charge in [0.05, 0.1) is 15.6 Å². The number of piperazine rings is 1. The number of carbonyl (C=O) groups excluding carboxylic acids is 1. The van der Waals surface area contributed by atoms with Gasteiger partial charge in [0.15, 0.2) is 0 Å². The van der Waals surface area contributed by atoms with Crippen molar-refractivity contribution in [3.8, 4) is 5.75 Å². The highest BCUT2D eigenvalue weighted by Crippen LogP contribution is 2.22. The van der Waals surface area contributed by atoms with Crippen molar-refractivity contribution < 1.29 is 23.4 Å². The van der Waals surface area contributed by atoms with Crippen LogP contribution in [0.15, 0.2) is 41.3 Å². The van der Waals surface area contributed by atoms with Gasteiger partial charge in [-0.3, -0.25) is 19.9 Å². The van der Waals surface area contributed by atoms with E-state index >= 15 is 0 Å². The number of benzene rings is 2. The number of aromatic nitrogens is 1. The number of rotatable bonds is 7. The Morgan fingerprint density at radius 3 is 2.50 bits per heavy atom. The molecule has 192 valence electrons. The van der Waals surface area contributed by atoms with Crippen LogP contribution in [0, 0.1) is 11.6 Å². The standard InChI is InChI=1S/C24H24Cl2F2N4O4/c1-30-12-17(23(34)16-9-21(28)19(26)10-22(16)30)24(35)29-32-6-4-31(5-7-32)11-14(33)13-36-15-2-3-18(25)20(27)8-15/h2-3,8-10,12,14,33H,4-7,11,13H2,1H3,(H,29,35)/t14-/m0/s1. The molecule has 1 saturated heterocycles. The van der Waals surface area contributed by atoms with Crippen LogP contribution in [-0.2, 0) is 7.05 Å². The molecule has 1 amide bonds. The van der Waals surface area contributed by atoms with Crippen molar-refractivity contribution in [1.29, 1.82) is 0 Å². The largest absolute Gasteiger partial charge is 0.491 e. The van der Waals surface area contributed by atoms with Crippen LogP contribution in [-0.4, -0.2) is 70.9 Å². The molecule has 2 aromatic carbocycles. The zero-order chi connectivity index (χ0) is 26.0. The predicted octanol–water partition coefficient (Wildman–Crippen LogP) is 2.83. The van der Waals surface area contributed by atoms with Crippen LogP contribution in [0.25, 0.3) is 10.9 Å². The van der Waals surface area contributed by atoms with Crippen molar-refractivity contribution in [1.82, 2.24) is 19.9 Å². The fourth-order valence-corrected chi connectivity index (χ4v) is 4.27. The molecular formula is C24H24Cl2F2N4O4. The van der Waals surface area contributed by atoms with Crippen LogP contribution < -0.4 is 15.6 Å². The Morgan fingerprint density at radius 2 is 1.81 bits per heavy atom. The quantitative estimate of drug-likeness (QED) is 0.479. The van der Waals surface area contributed by atoms with E-state index < -0.39 is 29.1 Å².